The number of aliphatic hydroxyl groups excluding tert-OH is 1. The molecule has 1 aromatic rings. The monoisotopic (exact) mass is 310 g/mol. The molecule has 21 heavy (non-hydrogen) atoms. The molecule has 2 rings (SSSR count). The Morgan fingerprint density at radius 3 is 2.67 bits per heavy atom. The molecule has 0 saturated heterocycles. The molecule has 0 aromatic carbocycles. The second kappa shape index (κ2) is 7.04. The van der Waals surface area contributed by atoms with Gasteiger partial charge in [-0.2, -0.15) is 0 Å². The molecule has 5 nitrogen and oxygen atoms in total. The Morgan fingerprint density at radius 1 is 1.43 bits per heavy atom. The highest BCUT2D eigenvalue weighted by Gasteiger charge is 2.35. The molecule has 6 heteroatoms. The lowest BCUT2D eigenvalue weighted by Gasteiger charge is -2.29. The van der Waals surface area contributed by atoms with Crippen molar-refractivity contribution in [3.05, 3.63) is 22.4 Å². The number of nitrogens with one attached hydrogen (secondary N) is 2. The summed E-state index contributed by atoms with van der Waals surface area (Å²) >= 11 is 1.52. The van der Waals surface area contributed by atoms with Crippen molar-refractivity contribution < 1.29 is 14.7 Å². The van der Waals surface area contributed by atoms with E-state index in [0.29, 0.717) is 0 Å². The third-order valence-corrected chi connectivity index (χ3v) is 4.91. The molecule has 1 saturated carbocycles. The number of carbonyl (C=O) groups excluding carboxylic acids is 2. The van der Waals surface area contributed by atoms with Crippen LogP contribution in [0.1, 0.15) is 49.9 Å². The van der Waals surface area contributed by atoms with E-state index < -0.39 is 5.54 Å². The Kier molecular flexibility index (Phi) is 5.36. The minimum atomic E-state index is -0.465. The summed E-state index contributed by atoms with van der Waals surface area (Å²) in [7, 11) is 0. The highest BCUT2D eigenvalue weighted by atomic mass is 32.1. The van der Waals surface area contributed by atoms with Gasteiger partial charge in [-0.1, -0.05) is 18.9 Å². The number of aliphatic hydroxyl groups is 1. The molecule has 3 N–H and O–H groups in total. The van der Waals surface area contributed by atoms with Gasteiger partial charge in [-0.05, 0) is 24.3 Å². The topological polar surface area (TPSA) is 78.4 Å². The van der Waals surface area contributed by atoms with E-state index in [4.69, 9.17) is 0 Å². The first-order valence-electron chi connectivity index (χ1n) is 7.27. The summed E-state index contributed by atoms with van der Waals surface area (Å²) in [5.41, 5.74) is -0.465. The maximum Gasteiger partial charge on any atom is 0.222 e. The van der Waals surface area contributed by atoms with Gasteiger partial charge in [0, 0.05) is 11.8 Å². The first-order valence-corrected chi connectivity index (χ1v) is 8.15. The van der Waals surface area contributed by atoms with Crippen molar-refractivity contribution in [1.29, 1.82) is 0 Å². The Hall–Kier alpha value is -1.40. The maximum atomic E-state index is 12.3. The van der Waals surface area contributed by atoms with Gasteiger partial charge in [-0.25, -0.2) is 0 Å². The number of thiophene rings is 1. The van der Waals surface area contributed by atoms with Gasteiger partial charge in [0.05, 0.1) is 24.6 Å². The summed E-state index contributed by atoms with van der Waals surface area (Å²) < 4.78 is 0. The van der Waals surface area contributed by atoms with Crippen LogP contribution in [0.4, 0.5) is 0 Å². The van der Waals surface area contributed by atoms with Crippen molar-refractivity contribution in [2.75, 3.05) is 6.61 Å². The quantitative estimate of drug-likeness (QED) is 0.749. The normalized spacial score (nSPS) is 18.2. The fourth-order valence-corrected chi connectivity index (χ4v) is 3.64. The van der Waals surface area contributed by atoms with Crippen LogP contribution >= 0.6 is 11.3 Å². The van der Waals surface area contributed by atoms with E-state index >= 15 is 0 Å². The van der Waals surface area contributed by atoms with Crippen LogP contribution in [0.25, 0.3) is 0 Å². The van der Waals surface area contributed by atoms with Crippen LogP contribution in [0, 0.1) is 0 Å². The predicted octanol–water partition coefficient (Wildman–Crippen LogP) is 1.74. The van der Waals surface area contributed by atoms with E-state index in [9.17, 15) is 14.7 Å². The zero-order valence-corrected chi connectivity index (χ0v) is 13.0. The molecular formula is C15H22N2O3S. The second-order valence-corrected chi connectivity index (χ2v) is 6.65. The fraction of sp³-hybridized carbons (Fsp3) is 0.600. The summed E-state index contributed by atoms with van der Waals surface area (Å²) in [5.74, 6) is -0.281. The Bertz CT molecular complexity index is 481. The van der Waals surface area contributed by atoms with Crippen molar-refractivity contribution in [3.8, 4) is 0 Å². The first kappa shape index (κ1) is 16.0. The molecule has 1 heterocycles. The average molecular weight is 310 g/mol. The van der Waals surface area contributed by atoms with Crippen LogP contribution in [0.15, 0.2) is 17.5 Å². The third kappa shape index (κ3) is 4.28. The third-order valence-electron chi connectivity index (χ3n) is 3.92. The van der Waals surface area contributed by atoms with E-state index in [0.717, 1.165) is 30.6 Å². The largest absolute Gasteiger partial charge is 0.394 e. The molecule has 1 aromatic heterocycles. The number of hydrogen-bond donors (Lipinski definition) is 3. The molecule has 1 aliphatic rings. The summed E-state index contributed by atoms with van der Waals surface area (Å²) in [4.78, 5) is 24.6. The van der Waals surface area contributed by atoms with E-state index in [1.54, 1.807) is 0 Å². The molecular weight excluding hydrogens is 288 g/mol. The van der Waals surface area contributed by atoms with Gasteiger partial charge in [-0.15, -0.1) is 11.3 Å². The molecule has 1 atom stereocenters. The molecule has 2 amide bonds. The van der Waals surface area contributed by atoms with Crippen LogP contribution in [0.3, 0.4) is 0 Å². The highest BCUT2D eigenvalue weighted by molar-refractivity contribution is 7.10. The van der Waals surface area contributed by atoms with Crippen LogP contribution in [-0.2, 0) is 9.59 Å². The van der Waals surface area contributed by atoms with Crippen LogP contribution in [0.2, 0.25) is 0 Å². The smallest absolute Gasteiger partial charge is 0.222 e. The zero-order valence-electron chi connectivity index (χ0n) is 12.2. The predicted molar refractivity (Wildman–Crippen MR) is 81.9 cm³/mol. The van der Waals surface area contributed by atoms with Gasteiger partial charge >= 0.3 is 0 Å². The van der Waals surface area contributed by atoms with Gasteiger partial charge in [0.15, 0.2) is 0 Å². The number of rotatable bonds is 6. The Labute approximate surface area is 128 Å². The van der Waals surface area contributed by atoms with Crippen molar-refractivity contribution in [2.24, 2.45) is 0 Å². The molecule has 1 aliphatic carbocycles. The van der Waals surface area contributed by atoms with Crippen molar-refractivity contribution >= 4 is 23.2 Å². The molecule has 0 aliphatic heterocycles. The van der Waals surface area contributed by atoms with Crippen molar-refractivity contribution in [3.63, 3.8) is 0 Å². The van der Waals surface area contributed by atoms with Crippen molar-refractivity contribution in [2.45, 2.75) is 50.6 Å². The van der Waals surface area contributed by atoms with E-state index in [2.05, 4.69) is 10.6 Å². The van der Waals surface area contributed by atoms with Crippen molar-refractivity contribution in [1.82, 2.24) is 10.6 Å². The Morgan fingerprint density at radius 2 is 2.14 bits per heavy atom. The lowest BCUT2D eigenvalue weighted by molar-refractivity contribution is -0.124. The summed E-state index contributed by atoms with van der Waals surface area (Å²) in [6.07, 6.45) is 3.89. The molecule has 1 unspecified atom stereocenters. The van der Waals surface area contributed by atoms with E-state index in [-0.39, 0.29) is 30.9 Å². The molecule has 116 valence electrons. The lowest BCUT2D eigenvalue weighted by Crippen LogP contribution is -2.50. The van der Waals surface area contributed by atoms with Crippen LogP contribution < -0.4 is 10.6 Å². The van der Waals surface area contributed by atoms with Gasteiger partial charge in [0.25, 0.3) is 0 Å². The minimum absolute atomic E-state index is 0.0253. The maximum absolute atomic E-state index is 12.3. The van der Waals surface area contributed by atoms with Gasteiger partial charge in [-0.3, -0.25) is 9.59 Å². The molecule has 1 fully saturated rings. The number of hydrogen-bond acceptors (Lipinski definition) is 4. The minimum Gasteiger partial charge on any atom is -0.394 e. The van der Waals surface area contributed by atoms with Crippen LogP contribution in [0.5, 0.6) is 0 Å². The summed E-state index contributed by atoms with van der Waals surface area (Å²) in [6.45, 7) is 1.42. The van der Waals surface area contributed by atoms with Gasteiger partial charge in [0.1, 0.15) is 0 Å². The SMILES string of the molecule is CC(=O)NC(CC(=O)NC1(CO)CCCC1)c1cccs1. The first-order chi connectivity index (χ1) is 10.0. The average Bonchev–Trinajstić information content (AvgIpc) is 3.09. The molecule has 0 bridgehead atoms. The molecule has 0 spiro atoms. The number of carbonyl (C=O) groups is 2. The van der Waals surface area contributed by atoms with E-state index in [1.165, 1.54) is 18.3 Å². The van der Waals surface area contributed by atoms with Gasteiger partial charge < -0.3 is 15.7 Å². The van der Waals surface area contributed by atoms with Gasteiger partial charge in [0.2, 0.25) is 11.8 Å². The lowest BCUT2D eigenvalue weighted by atomic mass is 9.98. The molecule has 0 radical (unpaired) electrons. The summed E-state index contributed by atoms with van der Waals surface area (Å²) in [5, 5.41) is 17.3. The zero-order chi connectivity index (χ0) is 15.3. The number of amides is 2. The highest BCUT2D eigenvalue weighted by Crippen LogP contribution is 2.30. The van der Waals surface area contributed by atoms with Crippen LogP contribution in [-0.4, -0.2) is 29.1 Å². The summed E-state index contributed by atoms with van der Waals surface area (Å²) in [6, 6.07) is 3.51. The fourth-order valence-electron chi connectivity index (χ4n) is 2.86. The standard InChI is InChI=1S/C15H22N2O3S/c1-11(19)16-12(13-5-4-8-21-13)9-14(20)17-15(10-18)6-2-3-7-15/h4-5,8,12,18H,2-3,6-7,9-10H2,1H3,(H,16,19)(H,17,20). The Balaban J connectivity index is 1.99. The second-order valence-electron chi connectivity index (χ2n) is 5.67. The van der Waals surface area contributed by atoms with E-state index in [1.807, 2.05) is 17.5 Å².